The SMILES string of the molecule is CCNC(c1ccc(Cl)cn1)c1c(F)ccc(C)c1F. The van der Waals surface area contributed by atoms with E-state index < -0.39 is 17.7 Å². The van der Waals surface area contributed by atoms with Crippen LogP contribution in [0.4, 0.5) is 8.78 Å². The van der Waals surface area contributed by atoms with Crippen molar-refractivity contribution in [3.8, 4) is 0 Å². The second-order valence-electron chi connectivity index (χ2n) is 4.48. The molecule has 1 N–H and O–H groups in total. The third-order valence-corrected chi connectivity index (χ3v) is 3.29. The maximum absolute atomic E-state index is 14.3. The van der Waals surface area contributed by atoms with Crippen LogP contribution >= 0.6 is 11.6 Å². The van der Waals surface area contributed by atoms with Crippen LogP contribution in [0.25, 0.3) is 0 Å². The van der Waals surface area contributed by atoms with Gasteiger partial charge in [-0.2, -0.15) is 0 Å². The van der Waals surface area contributed by atoms with E-state index in [1.807, 2.05) is 6.92 Å². The molecule has 2 rings (SSSR count). The average Bonchev–Trinajstić information content (AvgIpc) is 2.43. The highest BCUT2D eigenvalue weighted by molar-refractivity contribution is 6.30. The van der Waals surface area contributed by atoms with E-state index in [-0.39, 0.29) is 5.56 Å². The number of nitrogens with one attached hydrogen (secondary N) is 1. The minimum atomic E-state index is -0.642. The lowest BCUT2D eigenvalue weighted by atomic mass is 9.99. The van der Waals surface area contributed by atoms with Gasteiger partial charge in [-0.05, 0) is 37.2 Å². The smallest absolute Gasteiger partial charge is 0.134 e. The quantitative estimate of drug-likeness (QED) is 0.922. The molecule has 1 atom stereocenters. The van der Waals surface area contributed by atoms with Crippen molar-refractivity contribution in [2.24, 2.45) is 0 Å². The van der Waals surface area contributed by atoms with Crippen molar-refractivity contribution in [2.45, 2.75) is 19.9 Å². The lowest BCUT2D eigenvalue weighted by Gasteiger charge is -2.20. The van der Waals surface area contributed by atoms with Crippen LogP contribution in [0.5, 0.6) is 0 Å². The van der Waals surface area contributed by atoms with Crippen molar-refractivity contribution in [2.75, 3.05) is 6.54 Å². The zero-order valence-electron chi connectivity index (χ0n) is 11.3. The van der Waals surface area contributed by atoms with E-state index in [9.17, 15) is 8.78 Å². The van der Waals surface area contributed by atoms with Gasteiger partial charge in [-0.25, -0.2) is 8.78 Å². The molecule has 0 amide bonds. The summed E-state index contributed by atoms with van der Waals surface area (Å²) in [6, 6.07) is 5.37. The molecule has 0 fully saturated rings. The molecule has 0 saturated carbocycles. The van der Waals surface area contributed by atoms with Gasteiger partial charge >= 0.3 is 0 Å². The zero-order valence-corrected chi connectivity index (χ0v) is 12.0. The van der Waals surface area contributed by atoms with Gasteiger partial charge in [0.25, 0.3) is 0 Å². The van der Waals surface area contributed by atoms with Crippen molar-refractivity contribution in [3.63, 3.8) is 0 Å². The molecule has 2 aromatic rings. The van der Waals surface area contributed by atoms with Crippen molar-refractivity contribution in [3.05, 3.63) is 63.9 Å². The van der Waals surface area contributed by atoms with Gasteiger partial charge in [-0.3, -0.25) is 4.98 Å². The van der Waals surface area contributed by atoms with E-state index in [1.165, 1.54) is 18.3 Å². The maximum atomic E-state index is 14.3. The van der Waals surface area contributed by atoms with E-state index in [4.69, 9.17) is 11.6 Å². The van der Waals surface area contributed by atoms with Gasteiger partial charge in [0, 0.05) is 11.8 Å². The number of nitrogens with zero attached hydrogens (tertiary/aromatic N) is 1. The Morgan fingerprint density at radius 3 is 2.60 bits per heavy atom. The topological polar surface area (TPSA) is 24.9 Å². The Balaban J connectivity index is 2.54. The van der Waals surface area contributed by atoms with Crippen LogP contribution in [0, 0.1) is 18.6 Å². The normalized spacial score (nSPS) is 12.4. The van der Waals surface area contributed by atoms with Crippen LogP contribution in [0.3, 0.4) is 0 Å². The van der Waals surface area contributed by atoms with Crippen LogP contribution < -0.4 is 5.32 Å². The predicted molar refractivity (Wildman–Crippen MR) is 75.9 cm³/mol. The highest BCUT2D eigenvalue weighted by atomic mass is 35.5. The number of benzene rings is 1. The third kappa shape index (κ3) is 2.97. The van der Waals surface area contributed by atoms with E-state index >= 15 is 0 Å². The standard InChI is InChI=1S/C15H15ClF2N2/c1-3-19-15(12-7-5-10(16)8-20-12)13-11(17)6-4-9(2)14(13)18/h4-8,15,19H,3H2,1-2H3. The largest absolute Gasteiger partial charge is 0.305 e. The average molecular weight is 297 g/mol. The van der Waals surface area contributed by atoms with Gasteiger partial charge in [0.1, 0.15) is 11.6 Å². The highest BCUT2D eigenvalue weighted by Gasteiger charge is 2.23. The molecule has 0 aliphatic heterocycles. The van der Waals surface area contributed by atoms with Crippen LogP contribution in [-0.4, -0.2) is 11.5 Å². The molecule has 1 unspecified atom stereocenters. The van der Waals surface area contributed by atoms with Gasteiger partial charge in [0.05, 0.1) is 16.8 Å². The van der Waals surface area contributed by atoms with Crippen molar-refractivity contribution in [1.29, 1.82) is 0 Å². The van der Waals surface area contributed by atoms with Crippen LogP contribution in [0.1, 0.15) is 29.8 Å². The monoisotopic (exact) mass is 296 g/mol. The van der Waals surface area contributed by atoms with E-state index in [2.05, 4.69) is 10.3 Å². The second kappa shape index (κ2) is 6.29. The van der Waals surface area contributed by atoms with E-state index in [0.29, 0.717) is 22.8 Å². The number of aryl methyl sites for hydroxylation is 1. The van der Waals surface area contributed by atoms with Gasteiger partial charge < -0.3 is 5.32 Å². The molecule has 106 valence electrons. The summed E-state index contributed by atoms with van der Waals surface area (Å²) in [5.74, 6) is -1.14. The first-order valence-electron chi connectivity index (χ1n) is 6.34. The highest BCUT2D eigenvalue weighted by Crippen LogP contribution is 2.28. The van der Waals surface area contributed by atoms with Crippen molar-refractivity contribution < 1.29 is 8.78 Å². The Morgan fingerprint density at radius 2 is 2.00 bits per heavy atom. The first kappa shape index (κ1) is 14.9. The summed E-state index contributed by atoms with van der Waals surface area (Å²) in [7, 11) is 0. The molecule has 0 bridgehead atoms. The van der Waals surface area contributed by atoms with Crippen LogP contribution in [-0.2, 0) is 0 Å². The molecule has 0 aliphatic rings. The minimum Gasteiger partial charge on any atom is -0.305 e. The summed E-state index contributed by atoms with van der Waals surface area (Å²) in [4.78, 5) is 4.16. The molecular formula is C15H15ClF2N2. The first-order valence-corrected chi connectivity index (χ1v) is 6.71. The fraction of sp³-hybridized carbons (Fsp3) is 0.267. The van der Waals surface area contributed by atoms with Gasteiger partial charge in [-0.1, -0.05) is 24.6 Å². The lowest BCUT2D eigenvalue weighted by molar-refractivity contribution is 0.501. The number of hydrogen-bond donors (Lipinski definition) is 1. The molecule has 0 spiro atoms. The van der Waals surface area contributed by atoms with Gasteiger partial charge in [-0.15, -0.1) is 0 Å². The Morgan fingerprint density at radius 1 is 1.25 bits per heavy atom. The van der Waals surface area contributed by atoms with Crippen molar-refractivity contribution >= 4 is 11.6 Å². The maximum Gasteiger partial charge on any atom is 0.134 e. The first-order chi connectivity index (χ1) is 9.54. The molecule has 1 aromatic carbocycles. The fourth-order valence-corrected chi connectivity index (χ4v) is 2.17. The molecule has 5 heteroatoms. The summed E-state index contributed by atoms with van der Waals surface area (Å²) in [5.41, 5.74) is 0.916. The Bertz CT molecular complexity index is 600. The van der Waals surface area contributed by atoms with Crippen molar-refractivity contribution in [1.82, 2.24) is 10.3 Å². The van der Waals surface area contributed by atoms with Gasteiger partial charge in [0.2, 0.25) is 0 Å². The predicted octanol–water partition coefficient (Wildman–Crippen LogP) is 4.02. The molecule has 2 nitrogen and oxygen atoms in total. The van der Waals surface area contributed by atoms with Crippen LogP contribution in [0.2, 0.25) is 5.02 Å². The summed E-state index contributed by atoms with van der Waals surface area (Å²) >= 11 is 5.80. The molecule has 0 saturated heterocycles. The molecule has 0 aliphatic carbocycles. The lowest BCUT2D eigenvalue weighted by Crippen LogP contribution is -2.25. The van der Waals surface area contributed by atoms with E-state index in [0.717, 1.165) is 0 Å². The number of rotatable bonds is 4. The number of hydrogen-bond acceptors (Lipinski definition) is 2. The molecular weight excluding hydrogens is 282 g/mol. The molecule has 0 radical (unpaired) electrons. The number of pyridine rings is 1. The minimum absolute atomic E-state index is 0.0123. The summed E-state index contributed by atoms with van der Waals surface area (Å²) in [6.07, 6.45) is 1.47. The van der Waals surface area contributed by atoms with E-state index in [1.54, 1.807) is 19.1 Å². The Labute approximate surface area is 121 Å². The molecule has 1 aromatic heterocycles. The Hall–Kier alpha value is -1.52. The summed E-state index contributed by atoms with van der Waals surface area (Å²) < 4.78 is 28.3. The fourth-order valence-electron chi connectivity index (χ4n) is 2.06. The third-order valence-electron chi connectivity index (χ3n) is 3.06. The summed E-state index contributed by atoms with van der Waals surface area (Å²) in [5, 5.41) is 3.54. The number of aromatic nitrogens is 1. The van der Waals surface area contributed by atoms with Gasteiger partial charge in [0.15, 0.2) is 0 Å². The summed E-state index contributed by atoms with van der Waals surface area (Å²) in [6.45, 7) is 4.03. The molecule has 20 heavy (non-hydrogen) atoms. The molecule has 1 heterocycles. The van der Waals surface area contributed by atoms with Crippen LogP contribution in [0.15, 0.2) is 30.5 Å². The second-order valence-corrected chi connectivity index (χ2v) is 4.92. The Kier molecular flexibility index (Phi) is 4.68. The number of halogens is 3. The zero-order chi connectivity index (χ0) is 14.7.